The van der Waals surface area contributed by atoms with Crippen LogP contribution in [0, 0.1) is 13.8 Å². The number of nitrogens with one attached hydrogen (secondary N) is 2. The zero-order chi connectivity index (χ0) is 13.3. The molecular weight excluding hydrogens is 222 g/mol. The summed E-state index contributed by atoms with van der Waals surface area (Å²) in [5, 5.41) is 10.7. The van der Waals surface area contributed by atoms with Gasteiger partial charge in [-0.05, 0) is 37.0 Å². The van der Waals surface area contributed by atoms with Crippen LogP contribution in [0.25, 0.3) is 11.3 Å². The molecule has 0 atom stereocenters. The average Bonchev–Trinajstić information content (AvgIpc) is 2.70. The Labute approximate surface area is 109 Å². The number of hydrogen-bond acceptors (Lipinski definition) is 2. The zero-order valence-corrected chi connectivity index (χ0v) is 11.8. The third-order valence-corrected chi connectivity index (χ3v) is 3.38. The fraction of sp³-hybridized carbons (Fsp3) is 0.400. The summed E-state index contributed by atoms with van der Waals surface area (Å²) in [5.41, 5.74) is 6.96. The third kappa shape index (κ3) is 2.13. The van der Waals surface area contributed by atoms with Gasteiger partial charge >= 0.3 is 0 Å². The number of benzene rings is 1. The number of aromatic amines is 1. The van der Waals surface area contributed by atoms with Crippen molar-refractivity contribution in [2.75, 3.05) is 12.4 Å². The van der Waals surface area contributed by atoms with E-state index >= 15 is 0 Å². The monoisotopic (exact) mass is 243 g/mol. The van der Waals surface area contributed by atoms with Crippen LogP contribution in [-0.2, 0) is 0 Å². The summed E-state index contributed by atoms with van der Waals surface area (Å²) in [6.07, 6.45) is 0. The molecule has 0 aliphatic carbocycles. The molecule has 0 aliphatic heterocycles. The molecule has 0 unspecified atom stereocenters. The predicted molar refractivity (Wildman–Crippen MR) is 77.1 cm³/mol. The molecule has 0 amide bonds. The summed E-state index contributed by atoms with van der Waals surface area (Å²) in [5.74, 6) is 0.530. The summed E-state index contributed by atoms with van der Waals surface area (Å²) in [6, 6.07) is 6.62. The Balaban J connectivity index is 2.59. The molecule has 1 aromatic heterocycles. The lowest BCUT2D eigenvalue weighted by molar-refractivity contribution is 0.866. The minimum Gasteiger partial charge on any atom is -0.385 e. The molecule has 1 heterocycles. The van der Waals surface area contributed by atoms with Crippen molar-refractivity contribution in [3.05, 3.63) is 35.0 Å². The van der Waals surface area contributed by atoms with Crippen LogP contribution < -0.4 is 5.32 Å². The number of aromatic nitrogens is 2. The van der Waals surface area contributed by atoms with Crippen LogP contribution in [0.5, 0.6) is 0 Å². The van der Waals surface area contributed by atoms with Crippen molar-refractivity contribution in [1.29, 1.82) is 0 Å². The Bertz CT molecular complexity index is 553. The van der Waals surface area contributed by atoms with Crippen molar-refractivity contribution in [2.24, 2.45) is 0 Å². The van der Waals surface area contributed by atoms with Crippen LogP contribution in [0.1, 0.15) is 36.6 Å². The molecule has 0 saturated heterocycles. The van der Waals surface area contributed by atoms with Gasteiger partial charge in [0.2, 0.25) is 0 Å². The average molecular weight is 243 g/mol. The molecule has 0 aliphatic rings. The van der Waals surface area contributed by atoms with E-state index < -0.39 is 0 Å². The number of hydrogen-bond donors (Lipinski definition) is 2. The molecule has 2 rings (SSSR count). The van der Waals surface area contributed by atoms with Crippen LogP contribution in [0.4, 0.5) is 5.69 Å². The van der Waals surface area contributed by atoms with Gasteiger partial charge in [0.25, 0.3) is 0 Å². The van der Waals surface area contributed by atoms with Crippen LogP contribution in [0.15, 0.2) is 18.2 Å². The molecular formula is C15H21N3. The highest BCUT2D eigenvalue weighted by molar-refractivity contribution is 5.78. The largest absolute Gasteiger partial charge is 0.385 e. The molecule has 2 N–H and O–H groups in total. The number of rotatable bonds is 3. The number of H-pyrrole nitrogens is 1. The maximum absolute atomic E-state index is 4.43. The van der Waals surface area contributed by atoms with Gasteiger partial charge in [0.1, 0.15) is 5.69 Å². The van der Waals surface area contributed by atoms with Gasteiger partial charge in [-0.25, -0.2) is 0 Å². The summed E-state index contributed by atoms with van der Waals surface area (Å²) < 4.78 is 0. The Hall–Kier alpha value is -1.77. The second-order valence-corrected chi connectivity index (χ2v) is 5.05. The third-order valence-electron chi connectivity index (χ3n) is 3.38. The molecule has 18 heavy (non-hydrogen) atoms. The van der Waals surface area contributed by atoms with Crippen molar-refractivity contribution < 1.29 is 0 Å². The first-order chi connectivity index (χ1) is 8.54. The van der Waals surface area contributed by atoms with E-state index in [0.717, 1.165) is 17.1 Å². The molecule has 2 aromatic rings. The molecule has 0 saturated carbocycles. The lowest BCUT2D eigenvalue weighted by Crippen LogP contribution is -1.95. The van der Waals surface area contributed by atoms with E-state index in [1.54, 1.807) is 0 Å². The highest BCUT2D eigenvalue weighted by Gasteiger charge is 2.14. The van der Waals surface area contributed by atoms with E-state index in [1.807, 2.05) is 14.0 Å². The van der Waals surface area contributed by atoms with Gasteiger partial charge in [-0.3, -0.25) is 5.10 Å². The van der Waals surface area contributed by atoms with Crippen molar-refractivity contribution >= 4 is 5.69 Å². The summed E-state index contributed by atoms with van der Waals surface area (Å²) in [6.45, 7) is 8.58. The molecule has 0 fully saturated rings. The topological polar surface area (TPSA) is 40.7 Å². The van der Waals surface area contributed by atoms with Gasteiger partial charge in [0, 0.05) is 12.6 Å². The molecule has 0 bridgehead atoms. The van der Waals surface area contributed by atoms with Gasteiger partial charge in [-0.15, -0.1) is 0 Å². The van der Waals surface area contributed by atoms with Crippen molar-refractivity contribution in [3.63, 3.8) is 0 Å². The minimum absolute atomic E-state index is 0.530. The van der Waals surface area contributed by atoms with E-state index in [2.05, 4.69) is 54.5 Å². The van der Waals surface area contributed by atoms with E-state index in [4.69, 9.17) is 0 Å². The maximum atomic E-state index is 4.43. The van der Waals surface area contributed by atoms with Crippen LogP contribution in [-0.4, -0.2) is 17.2 Å². The van der Waals surface area contributed by atoms with Crippen LogP contribution in [0.2, 0.25) is 0 Å². The van der Waals surface area contributed by atoms with E-state index in [1.165, 1.54) is 16.7 Å². The molecule has 0 spiro atoms. The molecule has 3 heteroatoms. The number of nitrogens with zero attached hydrogens (tertiary/aromatic N) is 1. The Kier molecular flexibility index (Phi) is 3.41. The van der Waals surface area contributed by atoms with Gasteiger partial charge in [-0.2, -0.15) is 5.10 Å². The lowest BCUT2D eigenvalue weighted by atomic mass is 9.96. The quantitative estimate of drug-likeness (QED) is 0.859. The van der Waals surface area contributed by atoms with Crippen LogP contribution >= 0.6 is 0 Å². The van der Waals surface area contributed by atoms with Gasteiger partial charge in [0.05, 0.1) is 11.4 Å². The standard InChI is InChI=1S/C15H21N3/c1-9(2)12-7-6-10(3)13(8-12)15-14(16-5)11(4)17-18-15/h6-9,16H,1-5H3,(H,17,18). The Morgan fingerprint density at radius 1 is 1.22 bits per heavy atom. The highest BCUT2D eigenvalue weighted by Crippen LogP contribution is 2.32. The van der Waals surface area contributed by atoms with Crippen molar-refractivity contribution in [2.45, 2.75) is 33.6 Å². The second kappa shape index (κ2) is 4.84. The summed E-state index contributed by atoms with van der Waals surface area (Å²) >= 11 is 0. The second-order valence-electron chi connectivity index (χ2n) is 5.05. The SMILES string of the molecule is CNc1c(-c2cc(C(C)C)ccc2C)n[nH]c1C. The van der Waals surface area contributed by atoms with Crippen molar-refractivity contribution in [3.8, 4) is 11.3 Å². The molecule has 0 radical (unpaired) electrons. The zero-order valence-electron chi connectivity index (χ0n) is 11.8. The Morgan fingerprint density at radius 3 is 2.56 bits per heavy atom. The molecule has 1 aromatic carbocycles. The van der Waals surface area contributed by atoms with E-state index in [0.29, 0.717) is 5.92 Å². The van der Waals surface area contributed by atoms with Crippen molar-refractivity contribution in [1.82, 2.24) is 10.2 Å². The smallest absolute Gasteiger partial charge is 0.116 e. The van der Waals surface area contributed by atoms with Gasteiger partial charge in [0.15, 0.2) is 0 Å². The summed E-state index contributed by atoms with van der Waals surface area (Å²) in [4.78, 5) is 0. The van der Waals surface area contributed by atoms with E-state index in [9.17, 15) is 0 Å². The number of aryl methyl sites for hydroxylation is 2. The normalized spacial score (nSPS) is 11.0. The van der Waals surface area contributed by atoms with Gasteiger partial charge < -0.3 is 5.32 Å². The fourth-order valence-corrected chi connectivity index (χ4v) is 2.18. The fourth-order valence-electron chi connectivity index (χ4n) is 2.18. The minimum atomic E-state index is 0.530. The predicted octanol–water partition coefficient (Wildman–Crippen LogP) is 3.86. The molecule has 3 nitrogen and oxygen atoms in total. The lowest BCUT2D eigenvalue weighted by Gasteiger charge is -2.11. The van der Waals surface area contributed by atoms with Gasteiger partial charge in [-0.1, -0.05) is 26.0 Å². The first-order valence-electron chi connectivity index (χ1n) is 6.38. The first-order valence-corrected chi connectivity index (χ1v) is 6.38. The number of anilines is 1. The summed E-state index contributed by atoms with van der Waals surface area (Å²) in [7, 11) is 1.93. The maximum Gasteiger partial charge on any atom is 0.116 e. The van der Waals surface area contributed by atoms with E-state index in [-0.39, 0.29) is 0 Å². The highest BCUT2D eigenvalue weighted by atomic mass is 15.1. The first kappa shape index (κ1) is 12.7. The van der Waals surface area contributed by atoms with Crippen LogP contribution in [0.3, 0.4) is 0 Å². The molecule has 96 valence electrons. The Morgan fingerprint density at radius 2 is 1.94 bits per heavy atom.